The van der Waals surface area contributed by atoms with Crippen molar-refractivity contribution in [3.63, 3.8) is 0 Å². The summed E-state index contributed by atoms with van der Waals surface area (Å²) >= 11 is 3.21. The molecule has 154 valence electrons. The zero-order valence-electron chi connectivity index (χ0n) is 16.9. The highest BCUT2D eigenvalue weighted by Gasteiger charge is 2.57. The number of nitrogens with zero attached hydrogens (tertiary/aromatic N) is 1. The number of hydrogen-bond donors (Lipinski definition) is 1. The molecule has 1 amide bonds. The molecule has 2 aromatic rings. The van der Waals surface area contributed by atoms with Crippen molar-refractivity contribution in [3.05, 3.63) is 38.8 Å². The first-order valence-electron chi connectivity index (χ1n) is 10.2. The molecule has 0 unspecified atom stereocenters. The Kier molecular flexibility index (Phi) is 4.59. The number of amides is 1. The summed E-state index contributed by atoms with van der Waals surface area (Å²) in [6, 6.07) is 7.23. The van der Waals surface area contributed by atoms with Crippen molar-refractivity contribution in [3.8, 4) is 5.75 Å². The second-order valence-corrected chi connectivity index (χ2v) is 11.2. The van der Waals surface area contributed by atoms with Crippen LogP contribution in [-0.4, -0.2) is 22.8 Å². The lowest BCUT2D eigenvalue weighted by atomic mass is 9.69. The molecule has 0 radical (unpaired) electrons. The van der Waals surface area contributed by atoms with E-state index in [1.807, 2.05) is 23.9 Å². The zero-order chi connectivity index (χ0) is 20.3. The van der Waals surface area contributed by atoms with Crippen molar-refractivity contribution in [2.75, 3.05) is 12.4 Å². The van der Waals surface area contributed by atoms with Crippen molar-refractivity contribution < 1.29 is 9.53 Å². The molecule has 2 fully saturated rings. The maximum Gasteiger partial charge on any atom is 0.308 e. The molecule has 0 saturated heterocycles. The van der Waals surface area contributed by atoms with Crippen LogP contribution in [-0.2, 0) is 16.8 Å². The molecule has 5 rings (SSSR count). The van der Waals surface area contributed by atoms with E-state index in [9.17, 15) is 9.59 Å². The first-order valence-corrected chi connectivity index (χ1v) is 11.9. The van der Waals surface area contributed by atoms with Crippen LogP contribution in [0.4, 0.5) is 5.69 Å². The van der Waals surface area contributed by atoms with Gasteiger partial charge in [0.05, 0.1) is 12.1 Å². The Morgan fingerprint density at radius 3 is 2.69 bits per heavy atom. The number of nitrogens with one attached hydrogen (secondary N) is 1. The van der Waals surface area contributed by atoms with Gasteiger partial charge in [0, 0.05) is 21.2 Å². The fourth-order valence-electron chi connectivity index (χ4n) is 5.76. The molecule has 1 aromatic heterocycles. The van der Waals surface area contributed by atoms with Gasteiger partial charge in [0.25, 0.3) is 0 Å². The number of benzene rings is 1. The average molecular weight is 431 g/mol. The van der Waals surface area contributed by atoms with Crippen molar-refractivity contribution in [1.29, 1.82) is 0 Å². The number of aromatic nitrogens is 1. The summed E-state index contributed by atoms with van der Waals surface area (Å²) in [5.41, 5.74) is 0.709. The number of ether oxygens (including phenoxy) is 1. The fraction of sp³-hybridized carbons (Fsp3) is 0.545. The minimum atomic E-state index is -0.175. The number of carbonyl (C=O) groups is 1. The van der Waals surface area contributed by atoms with Crippen LogP contribution in [0.3, 0.4) is 0 Å². The third-order valence-electron chi connectivity index (χ3n) is 7.03. The topological polar surface area (TPSA) is 60.3 Å². The summed E-state index contributed by atoms with van der Waals surface area (Å²) in [5.74, 6) is 2.78. The summed E-state index contributed by atoms with van der Waals surface area (Å²) in [6.07, 6.45) is 3.99. The third-order valence-corrected chi connectivity index (χ3v) is 10.1. The van der Waals surface area contributed by atoms with Gasteiger partial charge in [-0.05, 0) is 61.3 Å². The van der Waals surface area contributed by atoms with E-state index in [1.165, 1.54) is 35.5 Å². The molecule has 1 aliphatic heterocycles. The Morgan fingerprint density at radius 1 is 1.24 bits per heavy atom. The number of methoxy groups -OCH3 is 1. The van der Waals surface area contributed by atoms with Gasteiger partial charge >= 0.3 is 4.87 Å². The van der Waals surface area contributed by atoms with Gasteiger partial charge in [0.2, 0.25) is 5.91 Å². The first kappa shape index (κ1) is 19.2. The molecule has 2 saturated carbocycles. The minimum Gasteiger partial charge on any atom is -0.497 e. The molecule has 1 N–H and O–H groups in total. The second-order valence-electron chi connectivity index (χ2n) is 9.03. The number of anilines is 1. The molecule has 29 heavy (non-hydrogen) atoms. The molecule has 4 atom stereocenters. The molecular weight excluding hydrogens is 404 g/mol. The van der Waals surface area contributed by atoms with Crippen LogP contribution in [0.2, 0.25) is 0 Å². The maximum absolute atomic E-state index is 12.8. The summed E-state index contributed by atoms with van der Waals surface area (Å²) in [5, 5.41) is 4.52. The van der Waals surface area contributed by atoms with Gasteiger partial charge in [-0.3, -0.25) is 14.2 Å². The van der Waals surface area contributed by atoms with E-state index < -0.39 is 0 Å². The number of thioether (sulfide) groups is 1. The number of thiazole rings is 1. The van der Waals surface area contributed by atoms with Gasteiger partial charge in [0.15, 0.2) is 0 Å². The molecule has 5 nitrogen and oxygen atoms in total. The van der Waals surface area contributed by atoms with Gasteiger partial charge in [-0.2, -0.15) is 0 Å². The van der Waals surface area contributed by atoms with Crippen molar-refractivity contribution >= 4 is 34.7 Å². The Hall–Kier alpha value is -1.73. The highest BCUT2D eigenvalue weighted by Crippen LogP contribution is 2.64. The van der Waals surface area contributed by atoms with Crippen LogP contribution in [0.1, 0.15) is 38.0 Å². The van der Waals surface area contributed by atoms with E-state index >= 15 is 0 Å². The lowest BCUT2D eigenvalue weighted by Gasteiger charge is -2.45. The normalized spacial score (nSPS) is 28.7. The molecule has 3 aliphatic rings. The van der Waals surface area contributed by atoms with Gasteiger partial charge in [-0.15, -0.1) is 11.8 Å². The maximum atomic E-state index is 12.8. The van der Waals surface area contributed by atoms with E-state index in [-0.39, 0.29) is 22.7 Å². The van der Waals surface area contributed by atoms with Crippen LogP contribution < -0.4 is 14.9 Å². The van der Waals surface area contributed by atoms with Crippen LogP contribution in [0.5, 0.6) is 5.75 Å². The van der Waals surface area contributed by atoms with Gasteiger partial charge in [-0.25, -0.2) is 0 Å². The smallest absolute Gasteiger partial charge is 0.308 e. The lowest BCUT2D eigenvalue weighted by Crippen LogP contribution is -2.43. The van der Waals surface area contributed by atoms with Crippen LogP contribution in [0.15, 0.2) is 34.1 Å². The Bertz CT molecular complexity index is 1010. The molecule has 2 heterocycles. The van der Waals surface area contributed by atoms with Gasteiger partial charge in [-0.1, -0.05) is 25.2 Å². The molecule has 0 spiro atoms. The zero-order valence-corrected chi connectivity index (χ0v) is 18.6. The lowest BCUT2D eigenvalue weighted by molar-refractivity contribution is -0.116. The molecule has 2 bridgehead atoms. The fourth-order valence-corrected chi connectivity index (χ4v) is 9.17. The van der Waals surface area contributed by atoms with Crippen molar-refractivity contribution in [1.82, 2.24) is 4.57 Å². The highest BCUT2D eigenvalue weighted by molar-refractivity contribution is 8.00. The Labute approximate surface area is 178 Å². The van der Waals surface area contributed by atoms with Gasteiger partial charge in [0.1, 0.15) is 12.3 Å². The van der Waals surface area contributed by atoms with E-state index in [4.69, 9.17) is 4.74 Å². The standard InChI is InChI=1S/C22H26N2O3S2/c1-22(2)17-12-4-5-13(10-12)18(17)28-20-19(22)29-21(26)24(20)11-16(25)23-14-6-8-15(27-3)9-7-14/h6-9,12-13,17-18H,4-5,10-11H2,1-3H3,(H,23,25)/t12-,13-,17-,18-/m1/s1. The van der Waals surface area contributed by atoms with E-state index in [1.54, 1.807) is 23.8 Å². The number of carbonyl (C=O) groups excluding carboxylic acids is 1. The van der Waals surface area contributed by atoms with Crippen molar-refractivity contribution in [2.45, 2.75) is 55.3 Å². The summed E-state index contributed by atoms with van der Waals surface area (Å²) in [7, 11) is 1.61. The number of fused-ring (bicyclic) bond motifs is 6. The van der Waals surface area contributed by atoms with Crippen LogP contribution in [0.25, 0.3) is 0 Å². The SMILES string of the molecule is COc1ccc(NC(=O)Cn2c3c(sc2=O)C(C)(C)[C@@H]2[C@@H]4CC[C@H](C4)[C@H]2S3)cc1. The van der Waals surface area contributed by atoms with Crippen LogP contribution >= 0.6 is 23.1 Å². The van der Waals surface area contributed by atoms with Gasteiger partial charge < -0.3 is 10.1 Å². The Morgan fingerprint density at radius 2 is 1.97 bits per heavy atom. The largest absolute Gasteiger partial charge is 0.497 e. The predicted octanol–water partition coefficient (Wildman–Crippen LogP) is 4.36. The monoisotopic (exact) mass is 430 g/mol. The number of hydrogen-bond acceptors (Lipinski definition) is 5. The summed E-state index contributed by atoms with van der Waals surface area (Å²) in [4.78, 5) is 26.7. The van der Waals surface area contributed by atoms with E-state index in [2.05, 4.69) is 19.2 Å². The second kappa shape index (κ2) is 6.91. The Balaban J connectivity index is 1.40. The van der Waals surface area contributed by atoms with E-state index in [0.717, 1.165) is 22.6 Å². The van der Waals surface area contributed by atoms with Crippen molar-refractivity contribution in [2.24, 2.45) is 17.8 Å². The number of rotatable bonds is 4. The summed E-state index contributed by atoms with van der Waals surface area (Å²) in [6.45, 7) is 4.68. The molecule has 1 aromatic carbocycles. The highest BCUT2D eigenvalue weighted by atomic mass is 32.2. The molecular formula is C22H26N2O3S2. The quantitative estimate of drug-likeness (QED) is 0.783. The third kappa shape index (κ3) is 3.05. The average Bonchev–Trinajstić information content (AvgIpc) is 3.38. The van der Waals surface area contributed by atoms with Crippen LogP contribution in [0, 0.1) is 17.8 Å². The first-order chi connectivity index (χ1) is 13.9. The molecule has 2 aliphatic carbocycles. The summed E-state index contributed by atoms with van der Waals surface area (Å²) < 4.78 is 6.85. The molecule has 7 heteroatoms. The predicted molar refractivity (Wildman–Crippen MR) is 117 cm³/mol. The van der Waals surface area contributed by atoms with E-state index in [0.29, 0.717) is 16.9 Å². The minimum absolute atomic E-state index is 0.00657.